The van der Waals surface area contributed by atoms with Gasteiger partial charge in [-0.1, -0.05) is 30.3 Å². The fourth-order valence-electron chi connectivity index (χ4n) is 3.73. The number of hydrogen-bond acceptors (Lipinski definition) is 6. The molecule has 1 saturated heterocycles. The number of amides is 3. The van der Waals surface area contributed by atoms with Crippen LogP contribution in [0.3, 0.4) is 0 Å². The summed E-state index contributed by atoms with van der Waals surface area (Å²) in [6.45, 7) is 6.21. The maximum absolute atomic E-state index is 14.6. The van der Waals surface area contributed by atoms with Crippen molar-refractivity contribution in [3.63, 3.8) is 0 Å². The summed E-state index contributed by atoms with van der Waals surface area (Å²) in [6.07, 6.45) is 0. The van der Waals surface area contributed by atoms with E-state index in [1.807, 2.05) is 0 Å². The van der Waals surface area contributed by atoms with Gasteiger partial charge < -0.3 is 25.4 Å². The van der Waals surface area contributed by atoms with E-state index < -0.39 is 59.2 Å². The number of ether oxygens (including phenoxy) is 1. The van der Waals surface area contributed by atoms with Crippen LogP contribution in [0.1, 0.15) is 50.1 Å². The van der Waals surface area contributed by atoms with Gasteiger partial charge >= 0.3 is 18.0 Å². The molecule has 198 valence electrons. The third kappa shape index (κ3) is 7.22. The van der Waals surface area contributed by atoms with Crippen LogP contribution in [0.5, 0.6) is 0 Å². The van der Waals surface area contributed by atoms with Crippen molar-refractivity contribution in [2.45, 2.75) is 50.6 Å². The van der Waals surface area contributed by atoms with Crippen molar-refractivity contribution in [1.29, 1.82) is 0 Å². The molecule has 1 heterocycles. The van der Waals surface area contributed by atoms with Gasteiger partial charge in [0.1, 0.15) is 22.8 Å². The van der Waals surface area contributed by atoms with Crippen LogP contribution >= 0.6 is 11.8 Å². The predicted octanol–water partition coefficient (Wildman–Crippen LogP) is 4.12. The molecule has 0 spiro atoms. The molecule has 11 heteroatoms. The van der Waals surface area contributed by atoms with Crippen LogP contribution in [-0.2, 0) is 19.1 Å². The van der Waals surface area contributed by atoms with Gasteiger partial charge in [-0.05, 0) is 51.5 Å². The number of anilines is 1. The Balaban J connectivity index is 1.73. The monoisotopic (exact) mass is 531 g/mol. The first-order chi connectivity index (χ1) is 17.4. The number of carbonyl (C=O) groups excluding carboxylic acids is 3. The molecule has 3 N–H and O–H groups in total. The zero-order chi connectivity index (χ0) is 27.3. The summed E-state index contributed by atoms with van der Waals surface area (Å²) in [5, 5.41) is 13.5. The Hall–Kier alpha value is -3.60. The third-order valence-corrected chi connectivity index (χ3v) is 6.86. The van der Waals surface area contributed by atoms with E-state index in [1.54, 1.807) is 51.1 Å². The van der Waals surface area contributed by atoms with Gasteiger partial charge in [-0.15, -0.1) is 11.8 Å². The Labute approximate surface area is 218 Å². The molecule has 9 nitrogen and oxygen atoms in total. The Morgan fingerprint density at radius 2 is 1.86 bits per heavy atom. The summed E-state index contributed by atoms with van der Waals surface area (Å²) in [4.78, 5) is 51.1. The molecule has 2 aromatic rings. The smallest absolute Gasteiger partial charge is 0.330 e. The lowest BCUT2D eigenvalue weighted by molar-refractivity contribution is -0.163. The molecule has 3 atom stereocenters. The Morgan fingerprint density at radius 3 is 2.51 bits per heavy atom. The number of benzene rings is 2. The molecule has 2 aromatic carbocycles. The highest BCUT2D eigenvalue weighted by Gasteiger charge is 2.44. The molecular weight excluding hydrogens is 501 g/mol. The van der Waals surface area contributed by atoms with Gasteiger partial charge in [-0.3, -0.25) is 9.59 Å². The number of carbonyl (C=O) groups is 4. The van der Waals surface area contributed by atoms with Gasteiger partial charge in [0, 0.05) is 17.0 Å². The Kier molecular flexibility index (Phi) is 8.80. The number of rotatable bonds is 7. The van der Waals surface area contributed by atoms with E-state index in [0.29, 0.717) is 11.3 Å². The summed E-state index contributed by atoms with van der Waals surface area (Å²) in [5.74, 6) is -3.26. The van der Waals surface area contributed by atoms with Crippen molar-refractivity contribution >= 4 is 41.3 Å². The standard InChI is InChI=1S/C26H30FN3O6S/c1-15(23(32)33)16-8-7-9-17(12-16)29-25(35)28-13-21(31)30-20(24(34)36-26(2,3)4)14-37-22(30)18-10-5-6-11-19(18)27/h5-12,15,20,22H,13-14H2,1-4H3,(H,32,33)(H2,28,29,35)/t15?,20-,22?/m0/s1. The zero-order valence-corrected chi connectivity index (χ0v) is 21.8. The average molecular weight is 532 g/mol. The molecule has 1 aliphatic heterocycles. The largest absolute Gasteiger partial charge is 0.481 e. The molecule has 1 aliphatic rings. The van der Waals surface area contributed by atoms with Crippen molar-refractivity contribution in [3.05, 3.63) is 65.5 Å². The lowest BCUT2D eigenvalue weighted by Crippen LogP contribution is -2.49. The molecular formula is C26H30FN3O6S. The third-order valence-electron chi connectivity index (χ3n) is 5.55. The first kappa shape index (κ1) is 28.0. The summed E-state index contributed by atoms with van der Waals surface area (Å²) in [7, 11) is 0. The highest BCUT2D eigenvalue weighted by Crippen LogP contribution is 2.42. The first-order valence-corrected chi connectivity index (χ1v) is 12.7. The van der Waals surface area contributed by atoms with E-state index >= 15 is 0 Å². The summed E-state index contributed by atoms with van der Waals surface area (Å²) in [6, 6.07) is 10.7. The highest BCUT2D eigenvalue weighted by molar-refractivity contribution is 7.99. The number of nitrogens with one attached hydrogen (secondary N) is 2. The van der Waals surface area contributed by atoms with Crippen molar-refractivity contribution in [2.75, 3.05) is 17.6 Å². The van der Waals surface area contributed by atoms with Crippen molar-refractivity contribution < 1.29 is 33.4 Å². The normalized spacial score (nSPS) is 18.1. The number of carboxylic acids is 1. The van der Waals surface area contributed by atoms with Gasteiger partial charge in [-0.2, -0.15) is 0 Å². The fraction of sp³-hybridized carbons (Fsp3) is 0.385. The van der Waals surface area contributed by atoms with Crippen LogP contribution in [0.15, 0.2) is 48.5 Å². The van der Waals surface area contributed by atoms with Gasteiger partial charge in [-0.25, -0.2) is 14.0 Å². The van der Waals surface area contributed by atoms with E-state index in [-0.39, 0.29) is 11.3 Å². The average Bonchev–Trinajstić information content (AvgIpc) is 3.26. The number of urea groups is 1. The quantitative estimate of drug-likeness (QED) is 0.459. The van der Waals surface area contributed by atoms with Crippen molar-refractivity contribution in [2.24, 2.45) is 0 Å². The van der Waals surface area contributed by atoms with Crippen LogP contribution in [0.2, 0.25) is 0 Å². The van der Waals surface area contributed by atoms with Crippen LogP contribution in [-0.4, -0.2) is 57.8 Å². The number of hydrogen-bond donors (Lipinski definition) is 3. The number of esters is 1. The predicted molar refractivity (Wildman–Crippen MR) is 138 cm³/mol. The van der Waals surface area contributed by atoms with E-state index in [0.717, 1.165) is 0 Å². The van der Waals surface area contributed by atoms with Gasteiger partial charge in [0.05, 0.1) is 12.5 Å². The molecule has 0 saturated carbocycles. The lowest BCUT2D eigenvalue weighted by Gasteiger charge is -2.30. The maximum Gasteiger partial charge on any atom is 0.330 e. The van der Waals surface area contributed by atoms with Crippen LogP contribution < -0.4 is 10.6 Å². The second-order valence-electron chi connectivity index (χ2n) is 9.55. The zero-order valence-electron chi connectivity index (χ0n) is 21.0. The van der Waals surface area contributed by atoms with Gasteiger partial charge in [0.25, 0.3) is 0 Å². The van der Waals surface area contributed by atoms with Crippen molar-refractivity contribution in [3.8, 4) is 0 Å². The minimum absolute atomic E-state index is 0.209. The van der Waals surface area contributed by atoms with Crippen LogP contribution in [0, 0.1) is 5.82 Å². The molecule has 0 bridgehead atoms. The van der Waals surface area contributed by atoms with E-state index in [4.69, 9.17) is 4.74 Å². The second kappa shape index (κ2) is 11.6. The number of halogens is 1. The maximum atomic E-state index is 14.6. The number of aliphatic carboxylic acids is 1. The Bertz CT molecular complexity index is 1180. The second-order valence-corrected chi connectivity index (χ2v) is 10.7. The number of thioether (sulfide) groups is 1. The summed E-state index contributed by atoms with van der Waals surface area (Å²) < 4.78 is 20.1. The van der Waals surface area contributed by atoms with Crippen LogP contribution in [0.25, 0.3) is 0 Å². The minimum atomic E-state index is -1.00. The Morgan fingerprint density at radius 1 is 1.16 bits per heavy atom. The minimum Gasteiger partial charge on any atom is -0.481 e. The molecule has 3 amide bonds. The van der Waals surface area contributed by atoms with E-state index in [1.165, 1.54) is 41.8 Å². The fourth-order valence-corrected chi connectivity index (χ4v) is 5.19. The lowest BCUT2D eigenvalue weighted by atomic mass is 10.0. The topological polar surface area (TPSA) is 125 Å². The van der Waals surface area contributed by atoms with Gasteiger partial charge in [0.2, 0.25) is 5.91 Å². The van der Waals surface area contributed by atoms with Crippen LogP contribution in [0.4, 0.5) is 14.9 Å². The molecule has 2 unspecified atom stereocenters. The molecule has 0 radical (unpaired) electrons. The highest BCUT2D eigenvalue weighted by atomic mass is 32.2. The summed E-state index contributed by atoms with van der Waals surface area (Å²) in [5.41, 5.74) is 0.324. The molecule has 3 rings (SSSR count). The summed E-state index contributed by atoms with van der Waals surface area (Å²) >= 11 is 1.24. The van der Waals surface area contributed by atoms with Gasteiger partial charge in [0.15, 0.2) is 0 Å². The number of carboxylic acid groups (broad SMARTS) is 1. The SMILES string of the molecule is CC(C(=O)O)c1cccc(NC(=O)NCC(=O)N2C(c3ccccc3F)SC[C@H]2C(=O)OC(C)(C)C)c1. The molecule has 1 fully saturated rings. The molecule has 37 heavy (non-hydrogen) atoms. The number of nitrogens with zero attached hydrogens (tertiary/aromatic N) is 1. The molecule has 0 aliphatic carbocycles. The van der Waals surface area contributed by atoms with E-state index in [2.05, 4.69) is 10.6 Å². The van der Waals surface area contributed by atoms with Crippen molar-refractivity contribution in [1.82, 2.24) is 10.2 Å². The molecule has 0 aromatic heterocycles. The first-order valence-electron chi connectivity index (χ1n) is 11.6. The van der Waals surface area contributed by atoms with E-state index in [9.17, 15) is 28.7 Å².